The first-order chi connectivity index (χ1) is 35.3. The van der Waals surface area contributed by atoms with E-state index in [4.69, 9.17) is 0 Å². The Kier molecular flexibility index (Phi) is 8.70. The number of anilines is 3. The van der Waals surface area contributed by atoms with Crippen LogP contribution in [0.1, 0.15) is 0 Å². The van der Waals surface area contributed by atoms with Crippen molar-refractivity contribution in [1.82, 2.24) is 9.13 Å². The minimum Gasteiger partial charge on any atom is -0.311 e. The molecule has 0 saturated heterocycles. The topological polar surface area (TPSA) is 13.1 Å². The lowest BCUT2D eigenvalue weighted by Crippen LogP contribution is -2.82. The molecule has 5 heteroatoms. The van der Waals surface area contributed by atoms with E-state index in [0.29, 0.717) is 0 Å². The van der Waals surface area contributed by atoms with Crippen molar-refractivity contribution in [3.05, 3.63) is 273 Å². The van der Waals surface area contributed by atoms with Gasteiger partial charge in [-0.25, -0.2) is 0 Å². The Morgan fingerprint density at radius 2 is 0.606 bits per heavy atom. The first-order valence-corrected chi connectivity index (χ1v) is 28.7. The molecule has 13 aromatic rings. The second-order valence-electron chi connectivity index (χ2n) is 19.1. The van der Waals surface area contributed by atoms with E-state index in [0.717, 1.165) is 0 Å². The van der Waals surface area contributed by atoms with Crippen molar-refractivity contribution >= 4 is 118 Å². The Morgan fingerprint density at radius 3 is 1.11 bits per heavy atom. The molecular weight excluding hydrogens is 891 g/mol. The zero-order valence-corrected chi connectivity index (χ0v) is 40.8. The summed E-state index contributed by atoms with van der Waals surface area (Å²) in [6.45, 7) is 0. The summed E-state index contributed by atoms with van der Waals surface area (Å²) in [7, 11) is -6.30. The predicted molar refractivity (Wildman–Crippen MR) is 304 cm³/mol. The van der Waals surface area contributed by atoms with E-state index in [1.54, 1.807) is 0 Å². The van der Waals surface area contributed by atoms with Gasteiger partial charge in [0, 0.05) is 50.0 Å². The Labute approximate surface area is 414 Å². The summed E-state index contributed by atoms with van der Waals surface area (Å²) in [5.74, 6) is 0. The van der Waals surface area contributed by atoms with Crippen LogP contribution in [0.2, 0.25) is 0 Å². The normalized spacial score (nSPS) is 15.5. The molecule has 0 spiro atoms. The van der Waals surface area contributed by atoms with Gasteiger partial charge in [-0.2, -0.15) is 0 Å². The third-order valence-corrected chi connectivity index (χ3v) is 25.5. The van der Waals surface area contributed by atoms with Crippen LogP contribution >= 0.6 is 0 Å². The number of para-hydroxylation sites is 6. The van der Waals surface area contributed by atoms with Crippen LogP contribution in [0.15, 0.2) is 273 Å². The van der Waals surface area contributed by atoms with Gasteiger partial charge in [0.05, 0.1) is 22.1 Å². The summed E-state index contributed by atoms with van der Waals surface area (Å²) in [6, 6.07) is 104. The van der Waals surface area contributed by atoms with Crippen LogP contribution in [0, 0.1) is 0 Å². The van der Waals surface area contributed by atoms with Crippen molar-refractivity contribution in [3.8, 4) is 11.4 Å². The largest absolute Gasteiger partial charge is 0.311 e. The number of nitrogens with zero attached hydrogens (tertiary/aromatic N) is 3. The van der Waals surface area contributed by atoms with Crippen LogP contribution in [0.25, 0.3) is 55.0 Å². The molecule has 0 radical (unpaired) electrons. The van der Waals surface area contributed by atoms with Crippen LogP contribution in [0.4, 0.5) is 17.1 Å². The van der Waals surface area contributed by atoms with Gasteiger partial charge in [0.1, 0.15) is 0 Å². The van der Waals surface area contributed by atoms with Crippen molar-refractivity contribution in [2.75, 3.05) is 4.90 Å². The number of benzene rings is 11. The monoisotopic (exact) mass is 935 g/mol. The van der Waals surface area contributed by atoms with E-state index in [9.17, 15) is 0 Å². The van der Waals surface area contributed by atoms with Gasteiger partial charge in [0.25, 0.3) is 0 Å². The summed E-state index contributed by atoms with van der Waals surface area (Å²) in [4.78, 5) is 2.67. The first kappa shape index (κ1) is 40.2. The molecule has 0 N–H and O–H groups in total. The standard InChI is InChI=1S/C66H45N3Si2/c1-4-23-48(24-5-1)70(49-25-6-2-7-26-49)63-40-21-41-64-66(63)69(61-43-42-47(45-65(61)70)68-58-36-16-12-32-54(58)55-33-13-17-37-59(55)68)60-38-18-19-39-62(60)71(64,50-27-8-3-9-28-50)51-29-20-22-46(44-51)67-56-34-14-10-30-52(56)53-31-11-15-35-57(53)67/h1-45H. The van der Waals surface area contributed by atoms with Gasteiger partial charge in [0.2, 0.25) is 0 Å². The zero-order valence-electron chi connectivity index (χ0n) is 38.8. The van der Waals surface area contributed by atoms with E-state index in [1.165, 1.54) is 114 Å². The molecule has 0 aliphatic carbocycles. The number of rotatable bonds is 6. The molecule has 0 amide bonds. The molecule has 332 valence electrons. The quantitative estimate of drug-likeness (QED) is 0.151. The molecule has 3 nitrogen and oxygen atoms in total. The van der Waals surface area contributed by atoms with E-state index < -0.39 is 16.1 Å². The highest BCUT2D eigenvalue weighted by atomic mass is 28.3. The first-order valence-electron chi connectivity index (χ1n) is 24.7. The van der Waals surface area contributed by atoms with Crippen LogP contribution in [-0.2, 0) is 0 Å². The molecule has 2 aromatic heterocycles. The van der Waals surface area contributed by atoms with E-state index in [-0.39, 0.29) is 0 Å². The second-order valence-corrected chi connectivity index (χ2v) is 26.6. The fraction of sp³-hybridized carbons (Fsp3) is 0. The molecule has 2 aliphatic heterocycles. The number of hydrogen-bond acceptors (Lipinski definition) is 1. The van der Waals surface area contributed by atoms with Crippen molar-refractivity contribution in [1.29, 1.82) is 0 Å². The highest BCUT2D eigenvalue weighted by Gasteiger charge is 2.56. The van der Waals surface area contributed by atoms with Crippen molar-refractivity contribution < 1.29 is 0 Å². The highest BCUT2D eigenvalue weighted by Crippen LogP contribution is 2.43. The summed E-state index contributed by atoms with van der Waals surface area (Å²) < 4.78 is 4.98. The molecule has 1 atom stereocenters. The van der Waals surface area contributed by atoms with Gasteiger partial charge in [-0.3, -0.25) is 0 Å². The van der Waals surface area contributed by atoms with Gasteiger partial charge >= 0.3 is 0 Å². The zero-order chi connectivity index (χ0) is 46.7. The third-order valence-electron chi connectivity index (χ3n) is 15.8. The van der Waals surface area contributed by atoms with E-state index in [2.05, 4.69) is 287 Å². The Balaban J connectivity index is 1.08. The molecule has 11 aromatic carbocycles. The molecule has 0 bridgehead atoms. The van der Waals surface area contributed by atoms with Crippen LogP contribution in [0.5, 0.6) is 0 Å². The molecular formula is C66H45N3Si2. The van der Waals surface area contributed by atoms with Crippen LogP contribution in [0.3, 0.4) is 0 Å². The Hall–Kier alpha value is -8.75. The lowest BCUT2D eigenvalue weighted by Gasteiger charge is -2.52. The summed E-state index contributed by atoms with van der Waals surface area (Å²) >= 11 is 0. The average molecular weight is 936 g/mol. The molecule has 2 aliphatic rings. The van der Waals surface area contributed by atoms with Gasteiger partial charge in [-0.05, 0) is 102 Å². The molecule has 71 heavy (non-hydrogen) atoms. The van der Waals surface area contributed by atoms with Gasteiger partial charge in [0.15, 0.2) is 16.1 Å². The number of hydrogen-bond donors (Lipinski definition) is 0. The average Bonchev–Trinajstić information content (AvgIpc) is 3.97. The molecule has 15 rings (SSSR count). The fourth-order valence-electron chi connectivity index (χ4n) is 13.1. The number of aromatic nitrogens is 2. The fourth-order valence-corrected chi connectivity index (χ4v) is 23.5. The van der Waals surface area contributed by atoms with Crippen LogP contribution in [-0.4, -0.2) is 25.3 Å². The SMILES string of the molecule is c1ccc([Si]2(c3cccc(-n4c5ccccc5c5ccccc54)c3)c3ccccc3N3c4ccc(-n5c6ccccc6c6ccccc65)cc4[Si](c4ccccc4)(c4ccccc4)c4cccc2c43)cc1. The maximum absolute atomic E-state index is 3.15. The third kappa shape index (κ3) is 5.42. The van der Waals surface area contributed by atoms with Crippen molar-refractivity contribution in [2.24, 2.45) is 0 Å². The highest BCUT2D eigenvalue weighted by molar-refractivity contribution is 7.24. The lowest BCUT2D eigenvalue weighted by molar-refractivity contribution is 1.18. The van der Waals surface area contributed by atoms with E-state index >= 15 is 0 Å². The maximum atomic E-state index is 2.67. The molecule has 4 heterocycles. The van der Waals surface area contributed by atoms with Crippen molar-refractivity contribution in [2.45, 2.75) is 0 Å². The maximum Gasteiger partial charge on any atom is 0.184 e. The van der Waals surface area contributed by atoms with Gasteiger partial charge in [-0.15, -0.1) is 0 Å². The van der Waals surface area contributed by atoms with Crippen LogP contribution < -0.4 is 46.4 Å². The summed E-state index contributed by atoms with van der Waals surface area (Å²) in [5.41, 5.74) is 11.0. The smallest absolute Gasteiger partial charge is 0.184 e. The summed E-state index contributed by atoms with van der Waals surface area (Å²) in [6.07, 6.45) is 0. The van der Waals surface area contributed by atoms with Gasteiger partial charge < -0.3 is 14.0 Å². The minimum atomic E-state index is -3.15. The minimum absolute atomic E-state index is 1.17. The molecule has 0 fully saturated rings. The molecule has 1 unspecified atom stereocenters. The predicted octanol–water partition coefficient (Wildman–Crippen LogP) is 10.7. The number of fused-ring (bicyclic) bond motifs is 10. The summed E-state index contributed by atoms with van der Waals surface area (Å²) in [5, 5.41) is 16.2. The van der Waals surface area contributed by atoms with Gasteiger partial charge in [-0.1, -0.05) is 212 Å². The molecule has 0 saturated carbocycles. The Bertz CT molecular complexity index is 4030. The van der Waals surface area contributed by atoms with Crippen molar-refractivity contribution in [3.63, 3.8) is 0 Å². The second kappa shape index (κ2) is 15.4. The van der Waals surface area contributed by atoms with E-state index in [1.807, 2.05) is 0 Å². The lowest BCUT2D eigenvalue weighted by atomic mass is 10.1. The Morgan fingerprint density at radius 1 is 0.239 bits per heavy atom.